The van der Waals surface area contributed by atoms with Crippen LogP contribution < -0.4 is 4.72 Å². The molecule has 3 rings (SSSR count). The van der Waals surface area contributed by atoms with Crippen LogP contribution in [0.15, 0.2) is 66.7 Å². The summed E-state index contributed by atoms with van der Waals surface area (Å²) in [5.41, 5.74) is 2.46. The molecule has 3 aromatic rings. The lowest BCUT2D eigenvalue weighted by Gasteiger charge is -2.06. The minimum absolute atomic E-state index is 0.0515. The van der Waals surface area contributed by atoms with Crippen LogP contribution in [0.2, 0.25) is 0 Å². The highest BCUT2D eigenvalue weighted by Gasteiger charge is 2.14. The Morgan fingerprint density at radius 3 is 2.35 bits per heavy atom. The molecule has 134 valence electrons. The molecule has 0 radical (unpaired) electrons. The SMILES string of the molecule is Cc1ccc(CS(=O)(=O)NCc2ccc(C(=O)c3ccccc3)s2)cc1. The van der Waals surface area contributed by atoms with Gasteiger partial charge in [-0.15, -0.1) is 11.3 Å². The lowest BCUT2D eigenvalue weighted by molar-refractivity contribution is 0.104. The molecule has 26 heavy (non-hydrogen) atoms. The quantitative estimate of drug-likeness (QED) is 0.627. The Balaban J connectivity index is 1.62. The van der Waals surface area contributed by atoms with Crippen molar-refractivity contribution in [3.05, 3.63) is 93.2 Å². The molecule has 0 unspecified atom stereocenters. The maximum absolute atomic E-state index is 12.4. The third kappa shape index (κ3) is 4.88. The van der Waals surface area contributed by atoms with E-state index in [9.17, 15) is 13.2 Å². The van der Waals surface area contributed by atoms with E-state index in [1.54, 1.807) is 24.3 Å². The minimum atomic E-state index is -3.44. The summed E-state index contributed by atoms with van der Waals surface area (Å²) in [5.74, 6) is -0.113. The van der Waals surface area contributed by atoms with E-state index in [0.29, 0.717) is 10.4 Å². The van der Waals surface area contributed by atoms with E-state index in [-0.39, 0.29) is 18.1 Å². The van der Waals surface area contributed by atoms with Crippen LogP contribution in [-0.2, 0) is 22.3 Å². The van der Waals surface area contributed by atoms with Gasteiger partial charge in [0.15, 0.2) is 0 Å². The minimum Gasteiger partial charge on any atom is -0.288 e. The number of hydrogen-bond acceptors (Lipinski definition) is 4. The summed E-state index contributed by atoms with van der Waals surface area (Å²) in [5, 5.41) is 0. The first kappa shape index (κ1) is 18.5. The maximum atomic E-state index is 12.4. The first-order valence-corrected chi connectivity index (χ1v) is 10.6. The smallest absolute Gasteiger partial charge is 0.216 e. The van der Waals surface area contributed by atoms with Gasteiger partial charge in [-0.3, -0.25) is 4.79 Å². The van der Waals surface area contributed by atoms with Crippen molar-refractivity contribution in [2.75, 3.05) is 0 Å². The first-order valence-electron chi connectivity index (χ1n) is 8.14. The van der Waals surface area contributed by atoms with Crippen molar-refractivity contribution in [2.24, 2.45) is 0 Å². The second-order valence-electron chi connectivity index (χ2n) is 6.03. The average Bonchev–Trinajstić information content (AvgIpc) is 3.11. The number of ketones is 1. The Labute approximate surface area is 157 Å². The molecule has 1 aromatic heterocycles. The molecule has 0 saturated carbocycles. The van der Waals surface area contributed by atoms with Crippen molar-refractivity contribution in [3.63, 3.8) is 0 Å². The largest absolute Gasteiger partial charge is 0.288 e. The molecule has 0 aliphatic rings. The van der Waals surface area contributed by atoms with Gasteiger partial charge in [0, 0.05) is 17.0 Å². The van der Waals surface area contributed by atoms with Crippen molar-refractivity contribution >= 4 is 27.1 Å². The van der Waals surface area contributed by atoms with E-state index in [2.05, 4.69) is 4.72 Å². The predicted octanol–water partition coefficient (Wildman–Crippen LogP) is 3.91. The van der Waals surface area contributed by atoms with Crippen LogP contribution in [0.3, 0.4) is 0 Å². The topological polar surface area (TPSA) is 63.2 Å². The monoisotopic (exact) mass is 385 g/mol. The summed E-state index contributed by atoms with van der Waals surface area (Å²) in [6.07, 6.45) is 0. The van der Waals surface area contributed by atoms with Gasteiger partial charge in [-0.1, -0.05) is 60.2 Å². The molecule has 0 amide bonds. The second kappa shape index (κ2) is 7.95. The van der Waals surface area contributed by atoms with Crippen LogP contribution in [0, 0.1) is 6.92 Å². The molecule has 0 bridgehead atoms. The van der Waals surface area contributed by atoms with Crippen molar-refractivity contribution in [1.29, 1.82) is 0 Å². The van der Waals surface area contributed by atoms with E-state index in [1.165, 1.54) is 11.3 Å². The van der Waals surface area contributed by atoms with Crippen molar-refractivity contribution in [2.45, 2.75) is 19.2 Å². The van der Waals surface area contributed by atoms with Crippen molar-refractivity contribution < 1.29 is 13.2 Å². The van der Waals surface area contributed by atoms with Crippen LogP contribution in [0.4, 0.5) is 0 Å². The Hall–Kier alpha value is -2.28. The number of rotatable bonds is 7. The molecule has 1 N–H and O–H groups in total. The second-order valence-corrected chi connectivity index (χ2v) is 9.00. The summed E-state index contributed by atoms with van der Waals surface area (Å²) in [6.45, 7) is 2.14. The summed E-state index contributed by atoms with van der Waals surface area (Å²) >= 11 is 1.31. The van der Waals surface area contributed by atoms with E-state index < -0.39 is 10.0 Å². The number of hydrogen-bond donors (Lipinski definition) is 1. The van der Waals surface area contributed by atoms with Crippen molar-refractivity contribution in [1.82, 2.24) is 4.72 Å². The molecular weight excluding hydrogens is 366 g/mol. The number of thiophene rings is 1. The van der Waals surface area contributed by atoms with Gasteiger partial charge in [-0.05, 0) is 24.6 Å². The van der Waals surface area contributed by atoms with Gasteiger partial charge in [0.1, 0.15) is 0 Å². The fraction of sp³-hybridized carbons (Fsp3) is 0.150. The van der Waals surface area contributed by atoms with E-state index in [4.69, 9.17) is 0 Å². The summed E-state index contributed by atoms with van der Waals surface area (Å²) in [6, 6.07) is 20.0. The van der Waals surface area contributed by atoms with Gasteiger partial charge in [0.05, 0.1) is 10.6 Å². The summed E-state index contributed by atoms with van der Waals surface area (Å²) in [7, 11) is -3.44. The average molecular weight is 386 g/mol. The Kier molecular flexibility index (Phi) is 5.66. The molecule has 0 aliphatic heterocycles. The van der Waals surface area contributed by atoms with Gasteiger partial charge >= 0.3 is 0 Å². The van der Waals surface area contributed by atoms with Gasteiger partial charge < -0.3 is 0 Å². The van der Waals surface area contributed by atoms with Crippen LogP contribution in [0.5, 0.6) is 0 Å². The molecule has 2 aromatic carbocycles. The molecule has 0 atom stereocenters. The fourth-order valence-electron chi connectivity index (χ4n) is 2.46. The normalized spacial score (nSPS) is 11.4. The first-order chi connectivity index (χ1) is 12.4. The number of sulfonamides is 1. The van der Waals surface area contributed by atoms with Crippen molar-refractivity contribution in [3.8, 4) is 0 Å². The third-order valence-corrected chi connectivity index (χ3v) is 6.25. The molecule has 0 aliphatic carbocycles. The molecule has 0 fully saturated rings. The number of aryl methyl sites for hydroxylation is 1. The highest BCUT2D eigenvalue weighted by molar-refractivity contribution is 7.88. The number of benzene rings is 2. The molecule has 0 saturated heterocycles. The van der Waals surface area contributed by atoms with Crippen LogP contribution in [0.1, 0.15) is 31.2 Å². The highest BCUT2D eigenvalue weighted by Crippen LogP contribution is 2.20. The van der Waals surface area contributed by atoms with Gasteiger partial charge in [-0.2, -0.15) is 0 Å². The zero-order chi connectivity index (χ0) is 18.6. The molecule has 1 heterocycles. The summed E-state index contributed by atoms with van der Waals surface area (Å²) < 4.78 is 27.1. The Bertz CT molecular complexity index is 991. The highest BCUT2D eigenvalue weighted by atomic mass is 32.2. The lowest BCUT2D eigenvalue weighted by atomic mass is 10.1. The standard InChI is InChI=1S/C20H19NO3S2/c1-15-7-9-16(10-8-15)14-26(23,24)21-13-18-11-12-19(25-18)20(22)17-5-3-2-4-6-17/h2-12,21H,13-14H2,1H3. The number of carbonyl (C=O) groups is 1. The predicted molar refractivity (Wildman–Crippen MR) is 105 cm³/mol. The number of carbonyl (C=O) groups excluding carboxylic acids is 1. The van der Waals surface area contributed by atoms with Gasteiger partial charge in [-0.25, -0.2) is 13.1 Å². The van der Waals surface area contributed by atoms with Crippen LogP contribution in [0.25, 0.3) is 0 Å². The summed E-state index contributed by atoms with van der Waals surface area (Å²) in [4.78, 5) is 13.8. The van der Waals surface area contributed by atoms with E-state index >= 15 is 0 Å². The van der Waals surface area contributed by atoms with E-state index in [1.807, 2.05) is 49.4 Å². The zero-order valence-corrected chi connectivity index (χ0v) is 15.9. The molecular formula is C20H19NO3S2. The zero-order valence-electron chi connectivity index (χ0n) is 14.3. The molecule has 0 spiro atoms. The fourth-order valence-corrected chi connectivity index (χ4v) is 4.57. The van der Waals surface area contributed by atoms with Gasteiger partial charge in [0.25, 0.3) is 0 Å². The Morgan fingerprint density at radius 2 is 1.65 bits per heavy atom. The number of nitrogens with one attached hydrogen (secondary N) is 1. The molecule has 6 heteroatoms. The van der Waals surface area contributed by atoms with Crippen LogP contribution in [-0.4, -0.2) is 14.2 Å². The van der Waals surface area contributed by atoms with Crippen LogP contribution >= 0.6 is 11.3 Å². The lowest BCUT2D eigenvalue weighted by Crippen LogP contribution is -2.24. The Morgan fingerprint density at radius 1 is 0.962 bits per heavy atom. The maximum Gasteiger partial charge on any atom is 0.216 e. The van der Waals surface area contributed by atoms with Gasteiger partial charge in [0.2, 0.25) is 15.8 Å². The third-order valence-electron chi connectivity index (χ3n) is 3.87. The van der Waals surface area contributed by atoms with E-state index in [0.717, 1.165) is 16.0 Å². The molecule has 4 nitrogen and oxygen atoms in total.